The van der Waals surface area contributed by atoms with E-state index in [2.05, 4.69) is 24.2 Å². The van der Waals surface area contributed by atoms with Gasteiger partial charge in [-0.25, -0.2) is 0 Å². The fourth-order valence-corrected chi connectivity index (χ4v) is 3.83. The zero-order valence-corrected chi connectivity index (χ0v) is 14.7. The molecule has 1 aliphatic carbocycles. The van der Waals surface area contributed by atoms with Crippen molar-refractivity contribution >= 4 is 12.2 Å². The topological polar surface area (TPSA) is 67.5 Å². The van der Waals surface area contributed by atoms with Gasteiger partial charge in [0.15, 0.2) is 5.96 Å². The normalized spacial score (nSPS) is 25.5. The predicted molar refractivity (Wildman–Crippen MR) is 94.0 cm³/mol. The summed E-state index contributed by atoms with van der Waals surface area (Å²) in [6.07, 6.45) is 12.8. The second kappa shape index (κ2) is 9.86. The van der Waals surface area contributed by atoms with Crippen molar-refractivity contribution in [2.75, 3.05) is 7.05 Å². The highest BCUT2D eigenvalue weighted by Gasteiger charge is 2.41. The molecule has 0 aromatic rings. The fourth-order valence-electron chi connectivity index (χ4n) is 3.83. The molecule has 0 aromatic heterocycles. The Morgan fingerprint density at radius 2 is 2.05 bits per heavy atom. The molecule has 3 atom stereocenters. The van der Waals surface area contributed by atoms with Crippen molar-refractivity contribution in [2.45, 2.75) is 83.6 Å². The van der Waals surface area contributed by atoms with Gasteiger partial charge >= 0.3 is 0 Å². The summed E-state index contributed by atoms with van der Waals surface area (Å²) in [7, 11) is 1.67. The highest BCUT2D eigenvalue weighted by molar-refractivity contribution is 5.83. The minimum atomic E-state index is -0.523. The summed E-state index contributed by atoms with van der Waals surface area (Å²) < 4.78 is 0. The van der Waals surface area contributed by atoms with E-state index in [0.717, 1.165) is 44.3 Å². The van der Waals surface area contributed by atoms with Crippen LogP contribution in [0, 0.1) is 11.8 Å². The maximum atomic E-state index is 12.0. The lowest BCUT2D eigenvalue weighted by atomic mass is 9.68. The lowest BCUT2D eigenvalue weighted by Crippen LogP contribution is -2.58. The molecular formula is C18H35N3O. The molecule has 0 aliphatic heterocycles. The number of nitrogens with two attached hydrogens (primary N) is 1. The molecule has 1 fully saturated rings. The molecule has 3 unspecified atom stereocenters. The largest absolute Gasteiger partial charge is 0.370 e. The maximum absolute atomic E-state index is 12.0. The standard InChI is InChI=1S/C18H35N3O/c1-4-6-9-15-10-8-11-16(13-15)18(14-22,12-7-5-2)21-17(19)20-3/h14-16H,4-13H2,1-3H3,(H3,19,20,21). The summed E-state index contributed by atoms with van der Waals surface area (Å²) in [4.78, 5) is 16.0. The van der Waals surface area contributed by atoms with E-state index < -0.39 is 5.54 Å². The third kappa shape index (κ3) is 5.29. The molecule has 0 amide bonds. The maximum Gasteiger partial charge on any atom is 0.189 e. The Balaban J connectivity index is 2.85. The van der Waals surface area contributed by atoms with Crippen molar-refractivity contribution < 1.29 is 4.79 Å². The van der Waals surface area contributed by atoms with Gasteiger partial charge in [0, 0.05) is 7.05 Å². The van der Waals surface area contributed by atoms with Crippen LogP contribution in [-0.4, -0.2) is 24.8 Å². The van der Waals surface area contributed by atoms with Gasteiger partial charge in [-0.3, -0.25) is 4.99 Å². The number of hydrogen-bond acceptors (Lipinski definition) is 2. The molecule has 4 heteroatoms. The van der Waals surface area contributed by atoms with Crippen molar-refractivity contribution in [3.05, 3.63) is 0 Å². The summed E-state index contributed by atoms with van der Waals surface area (Å²) in [5, 5.41) is 3.27. The molecule has 0 saturated heterocycles. The second-order valence-corrected chi connectivity index (χ2v) is 6.87. The smallest absolute Gasteiger partial charge is 0.189 e. The Morgan fingerprint density at radius 1 is 1.32 bits per heavy atom. The summed E-state index contributed by atoms with van der Waals surface area (Å²) in [6.45, 7) is 4.41. The van der Waals surface area contributed by atoms with E-state index in [0.29, 0.717) is 11.9 Å². The number of nitrogens with one attached hydrogen (secondary N) is 1. The molecular weight excluding hydrogens is 274 g/mol. The first-order valence-electron chi connectivity index (χ1n) is 9.08. The first-order chi connectivity index (χ1) is 10.6. The van der Waals surface area contributed by atoms with Crippen molar-refractivity contribution in [3.63, 3.8) is 0 Å². The molecule has 1 rings (SSSR count). The summed E-state index contributed by atoms with van der Waals surface area (Å²) in [5.41, 5.74) is 5.38. The fraction of sp³-hybridized carbons (Fsp3) is 0.889. The third-order valence-electron chi connectivity index (χ3n) is 5.23. The first kappa shape index (κ1) is 19.0. The highest BCUT2D eigenvalue weighted by Crippen LogP contribution is 2.39. The number of hydrogen-bond donors (Lipinski definition) is 2. The average molecular weight is 309 g/mol. The lowest BCUT2D eigenvalue weighted by Gasteiger charge is -2.42. The van der Waals surface area contributed by atoms with Crippen LogP contribution >= 0.6 is 0 Å². The number of guanidine groups is 1. The quantitative estimate of drug-likeness (QED) is 0.388. The number of rotatable bonds is 9. The molecule has 1 saturated carbocycles. The summed E-state index contributed by atoms with van der Waals surface area (Å²) in [6, 6.07) is 0. The third-order valence-corrected chi connectivity index (χ3v) is 5.23. The number of nitrogens with zero attached hydrogens (tertiary/aromatic N) is 1. The molecule has 0 bridgehead atoms. The zero-order chi connectivity index (χ0) is 16.4. The molecule has 3 N–H and O–H groups in total. The van der Waals surface area contributed by atoms with E-state index in [1.165, 1.54) is 32.1 Å². The highest BCUT2D eigenvalue weighted by atomic mass is 16.1. The molecule has 4 nitrogen and oxygen atoms in total. The van der Waals surface area contributed by atoms with E-state index in [-0.39, 0.29) is 0 Å². The van der Waals surface area contributed by atoms with E-state index >= 15 is 0 Å². The SMILES string of the molecule is CCCCC1CCCC(C(C=O)(CCCC)NC(N)=NC)C1. The molecule has 128 valence electrons. The van der Waals surface area contributed by atoms with Gasteiger partial charge in [0.2, 0.25) is 0 Å². The number of carbonyl (C=O) groups is 1. The number of carbonyl (C=O) groups excluding carboxylic acids is 1. The number of unbranched alkanes of at least 4 members (excludes halogenated alkanes) is 2. The van der Waals surface area contributed by atoms with Gasteiger partial charge in [-0.15, -0.1) is 0 Å². The van der Waals surface area contributed by atoms with Crippen LogP contribution in [0.25, 0.3) is 0 Å². The molecule has 1 aliphatic rings. The Morgan fingerprint density at radius 3 is 2.64 bits per heavy atom. The Kier molecular flexibility index (Phi) is 8.51. The van der Waals surface area contributed by atoms with Crippen molar-refractivity contribution in [1.29, 1.82) is 0 Å². The van der Waals surface area contributed by atoms with Crippen LogP contribution in [0.15, 0.2) is 4.99 Å². The molecule has 22 heavy (non-hydrogen) atoms. The van der Waals surface area contributed by atoms with Gasteiger partial charge in [-0.2, -0.15) is 0 Å². The van der Waals surface area contributed by atoms with Gasteiger partial charge in [-0.05, 0) is 31.1 Å². The van der Waals surface area contributed by atoms with Gasteiger partial charge in [0.25, 0.3) is 0 Å². The summed E-state index contributed by atoms with van der Waals surface area (Å²) >= 11 is 0. The summed E-state index contributed by atoms with van der Waals surface area (Å²) in [5.74, 6) is 1.53. The molecule has 0 radical (unpaired) electrons. The van der Waals surface area contributed by atoms with Crippen LogP contribution in [0.1, 0.15) is 78.1 Å². The van der Waals surface area contributed by atoms with E-state index in [1.807, 2.05) is 0 Å². The van der Waals surface area contributed by atoms with Crippen LogP contribution in [-0.2, 0) is 4.79 Å². The van der Waals surface area contributed by atoms with Crippen LogP contribution in [0.3, 0.4) is 0 Å². The van der Waals surface area contributed by atoms with E-state index in [4.69, 9.17) is 5.73 Å². The lowest BCUT2D eigenvalue weighted by molar-refractivity contribution is -0.116. The Hall–Kier alpha value is -1.06. The van der Waals surface area contributed by atoms with E-state index in [9.17, 15) is 4.79 Å². The van der Waals surface area contributed by atoms with Crippen LogP contribution in [0.2, 0.25) is 0 Å². The molecule has 0 heterocycles. The second-order valence-electron chi connectivity index (χ2n) is 6.87. The van der Waals surface area contributed by atoms with Gasteiger partial charge in [0.05, 0.1) is 5.54 Å². The van der Waals surface area contributed by atoms with Crippen molar-refractivity contribution in [2.24, 2.45) is 22.6 Å². The number of aldehydes is 1. The van der Waals surface area contributed by atoms with Crippen molar-refractivity contribution in [3.8, 4) is 0 Å². The van der Waals surface area contributed by atoms with Gasteiger partial charge < -0.3 is 15.8 Å². The van der Waals surface area contributed by atoms with Gasteiger partial charge in [-0.1, -0.05) is 58.8 Å². The predicted octanol–water partition coefficient (Wildman–Crippen LogP) is 3.65. The van der Waals surface area contributed by atoms with Crippen LogP contribution < -0.4 is 11.1 Å². The zero-order valence-electron chi connectivity index (χ0n) is 14.7. The first-order valence-corrected chi connectivity index (χ1v) is 9.08. The van der Waals surface area contributed by atoms with Gasteiger partial charge in [0.1, 0.15) is 6.29 Å². The molecule has 0 spiro atoms. The van der Waals surface area contributed by atoms with Crippen LogP contribution in [0.4, 0.5) is 0 Å². The Bertz CT molecular complexity index is 356. The minimum Gasteiger partial charge on any atom is -0.370 e. The average Bonchev–Trinajstić information content (AvgIpc) is 2.56. The minimum absolute atomic E-state index is 0.382. The Labute approximate surface area is 136 Å². The van der Waals surface area contributed by atoms with E-state index in [1.54, 1.807) is 7.05 Å². The molecule has 0 aromatic carbocycles. The monoisotopic (exact) mass is 309 g/mol. The van der Waals surface area contributed by atoms with Crippen LogP contribution in [0.5, 0.6) is 0 Å². The van der Waals surface area contributed by atoms with Crippen molar-refractivity contribution in [1.82, 2.24) is 5.32 Å². The number of aliphatic imine (C=N–C) groups is 1.